The van der Waals surface area contributed by atoms with Crippen molar-refractivity contribution in [1.82, 2.24) is 10.2 Å². The number of likely N-dealkylation sites (tertiary alicyclic amines) is 1. The summed E-state index contributed by atoms with van der Waals surface area (Å²) in [5.74, 6) is 0.895. The first kappa shape index (κ1) is 13.7. The van der Waals surface area contributed by atoms with Crippen LogP contribution in [0.1, 0.15) is 38.5 Å². The summed E-state index contributed by atoms with van der Waals surface area (Å²) in [6.07, 6.45) is 10.7. The van der Waals surface area contributed by atoms with E-state index in [1.807, 2.05) is 0 Å². The lowest BCUT2D eigenvalue weighted by Gasteiger charge is -2.33. The normalized spacial score (nSPS) is 36.0. The van der Waals surface area contributed by atoms with Crippen LogP contribution in [0.2, 0.25) is 0 Å². The van der Waals surface area contributed by atoms with Gasteiger partial charge in [-0.15, -0.1) is 0 Å². The fourth-order valence-corrected chi connectivity index (χ4v) is 4.02. The molecular weight excluding hydrogens is 228 g/mol. The van der Waals surface area contributed by atoms with E-state index in [1.54, 1.807) is 0 Å². The maximum Gasteiger partial charge on any atom is 0.00679 e. The van der Waals surface area contributed by atoms with E-state index in [0.717, 1.165) is 17.2 Å². The average Bonchev–Trinajstić information content (AvgIpc) is 2.37. The van der Waals surface area contributed by atoms with Crippen molar-refractivity contribution in [3.8, 4) is 0 Å². The fourth-order valence-electron chi connectivity index (χ4n) is 3.28. The van der Waals surface area contributed by atoms with Gasteiger partial charge in [0.15, 0.2) is 0 Å². The lowest BCUT2D eigenvalue weighted by atomic mass is 9.93. The average molecular weight is 256 g/mol. The summed E-state index contributed by atoms with van der Waals surface area (Å²) in [5.41, 5.74) is 0. The predicted octanol–water partition coefficient (Wildman–Crippen LogP) is 2.59. The van der Waals surface area contributed by atoms with Crippen LogP contribution in [-0.2, 0) is 0 Å². The summed E-state index contributed by atoms with van der Waals surface area (Å²) in [6, 6.07) is 0.811. The molecule has 0 bridgehead atoms. The Labute approximate surface area is 111 Å². The van der Waals surface area contributed by atoms with Crippen molar-refractivity contribution in [2.24, 2.45) is 5.92 Å². The molecule has 17 heavy (non-hydrogen) atoms. The van der Waals surface area contributed by atoms with Crippen molar-refractivity contribution in [3.63, 3.8) is 0 Å². The zero-order valence-electron chi connectivity index (χ0n) is 11.5. The molecule has 1 N–H and O–H groups in total. The van der Waals surface area contributed by atoms with E-state index in [4.69, 9.17) is 0 Å². The highest BCUT2D eigenvalue weighted by molar-refractivity contribution is 7.99. The molecule has 1 atom stereocenters. The van der Waals surface area contributed by atoms with Gasteiger partial charge >= 0.3 is 0 Å². The molecule has 1 heterocycles. The van der Waals surface area contributed by atoms with Crippen LogP contribution in [0.3, 0.4) is 0 Å². The lowest BCUT2D eigenvalue weighted by molar-refractivity contribution is 0.199. The maximum atomic E-state index is 3.82. The van der Waals surface area contributed by atoms with E-state index in [-0.39, 0.29) is 0 Å². The minimum Gasteiger partial charge on any atom is -0.314 e. The van der Waals surface area contributed by atoms with Crippen molar-refractivity contribution < 1.29 is 0 Å². The molecule has 1 aliphatic carbocycles. The smallest absolute Gasteiger partial charge is 0.00679 e. The number of hydrogen-bond acceptors (Lipinski definition) is 3. The van der Waals surface area contributed by atoms with E-state index < -0.39 is 0 Å². The van der Waals surface area contributed by atoms with Gasteiger partial charge in [-0.25, -0.2) is 0 Å². The number of thioether (sulfide) groups is 1. The van der Waals surface area contributed by atoms with Crippen LogP contribution in [0.25, 0.3) is 0 Å². The van der Waals surface area contributed by atoms with Gasteiger partial charge in [-0.1, -0.05) is 0 Å². The van der Waals surface area contributed by atoms with E-state index >= 15 is 0 Å². The number of nitrogens with one attached hydrogen (secondary N) is 1. The van der Waals surface area contributed by atoms with Crippen LogP contribution in [-0.4, -0.2) is 49.1 Å². The second-order valence-corrected chi connectivity index (χ2v) is 7.03. The van der Waals surface area contributed by atoms with E-state index in [0.29, 0.717) is 0 Å². The molecule has 1 unspecified atom stereocenters. The summed E-state index contributed by atoms with van der Waals surface area (Å²) in [6.45, 7) is 3.85. The third kappa shape index (κ3) is 4.46. The molecule has 0 amide bonds. The van der Waals surface area contributed by atoms with Crippen LogP contribution in [0.15, 0.2) is 0 Å². The second-order valence-electron chi connectivity index (χ2n) is 5.89. The van der Waals surface area contributed by atoms with Crippen LogP contribution >= 0.6 is 11.8 Å². The number of nitrogens with zero attached hydrogens (tertiary/aromatic N) is 1. The Morgan fingerprint density at radius 3 is 2.59 bits per heavy atom. The molecule has 2 fully saturated rings. The number of piperidine rings is 1. The van der Waals surface area contributed by atoms with E-state index in [9.17, 15) is 0 Å². The SMILES string of the molecule is CSC1CCC(NCC2CCCN(C)C2)CC1. The zero-order valence-corrected chi connectivity index (χ0v) is 12.3. The zero-order chi connectivity index (χ0) is 12.1. The minimum atomic E-state index is 0.811. The monoisotopic (exact) mass is 256 g/mol. The Morgan fingerprint density at radius 2 is 1.94 bits per heavy atom. The maximum absolute atomic E-state index is 3.82. The lowest BCUT2D eigenvalue weighted by Crippen LogP contribution is -2.41. The van der Waals surface area contributed by atoms with Gasteiger partial charge in [0.2, 0.25) is 0 Å². The van der Waals surface area contributed by atoms with Crippen LogP contribution in [0.4, 0.5) is 0 Å². The molecule has 0 aromatic heterocycles. The molecule has 0 aromatic carbocycles. The molecule has 0 aromatic rings. The second kappa shape index (κ2) is 7.01. The molecule has 1 saturated carbocycles. The Kier molecular flexibility index (Phi) is 5.64. The van der Waals surface area contributed by atoms with Gasteiger partial charge in [0.05, 0.1) is 0 Å². The van der Waals surface area contributed by atoms with E-state index in [2.05, 4.69) is 35.3 Å². The van der Waals surface area contributed by atoms with Gasteiger partial charge in [-0.2, -0.15) is 11.8 Å². The molecule has 2 nitrogen and oxygen atoms in total. The number of rotatable bonds is 4. The molecule has 3 heteroatoms. The quantitative estimate of drug-likeness (QED) is 0.832. The van der Waals surface area contributed by atoms with Crippen molar-refractivity contribution in [2.45, 2.75) is 49.8 Å². The molecule has 100 valence electrons. The van der Waals surface area contributed by atoms with Crippen LogP contribution in [0.5, 0.6) is 0 Å². The summed E-state index contributed by atoms with van der Waals surface area (Å²) in [4.78, 5) is 2.49. The standard InChI is InChI=1S/C14H28N2S/c1-16-9-3-4-12(11-16)10-15-13-5-7-14(17-2)8-6-13/h12-15H,3-11H2,1-2H3. The first-order chi connectivity index (χ1) is 8.28. The third-order valence-electron chi connectivity index (χ3n) is 4.42. The Hall–Kier alpha value is 0.270. The summed E-state index contributed by atoms with van der Waals surface area (Å²) < 4.78 is 0. The number of hydrogen-bond donors (Lipinski definition) is 1. The molecule has 2 aliphatic rings. The Morgan fingerprint density at radius 1 is 1.18 bits per heavy atom. The molecular formula is C14H28N2S. The first-order valence-corrected chi connectivity index (χ1v) is 8.51. The van der Waals surface area contributed by atoms with E-state index in [1.165, 1.54) is 58.2 Å². The highest BCUT2D eigenvalue weighted by Crippen LogP contribution is 2.27. The van der Waals surface area contributed by atoms with Crippen LogP contribution in [0, 0.1) is 5.92 Å². The van der Waals surface area contributed by atoms with Gasteiger partial charge in [0, 0.05) is 17.8 Å². The first-order valence-electron chi connectivity index (χ1n) is 7.22. The summed E-state index contributed by atoms with van der Waals surface area (Å²) in [5, 5.41) is 4.76. The minimum absolute atomic E-state index is 0.811. The highest BCUT2D eigenvalue weighted by Gasteiger charge is 2.22. The van der Waals surface area contributed by atoms with Gasteiger partial charge in [0.25, 0.3) is 0 Å². The van der Waals surface area contributed by atoms with Crippen molar-refractivity contribution in [1.29, 1.82) is 0 Å². The highest BCUT2D eigenvalue weighted by atomic mass is 32.2. The third-order valence-corrected chi connectivity index (χ3v) is 5.56. The Balaban J connectivity index is 1.62. The predicted molar refractivity (Wildman–Crippen MR) is 77.8 cm³/mol. The molecule has 1 aliphatic heterocycles. The van der Waals surface area contributed by atoms with Gasteiger partial charge in [0.1, 0.15) is 0 Å². The van der Waals surface area contributed by atoms with Crippen molar-refractivity contribution in [3.05, 3.63) is 0 Å². The van der Waals surface area contributed by atoms with Gasteiger partial charge in [-0.3, -0.25) is 0 Å². The van der Waals surface area contributed by atoms with Gasteiger partial charge < -0.3 is 10.2 Å². The molecule has 2 rings (SSSR count). The van der Waals surface area contributed by atoms with Gasteiger partial charge in [-0.05, 0) is 70.8 Å². The fraction of sp³-hybridized carbons (Fsp3) is 1.00. The molecule has 0 spiro atoms. The topological polar surface area (TPSA) is 15.3 Å². The Bertz CT molecular complexity index is 214. The van der Waals surface area contributed by atoms with Crippen molar-refractivity contribution in [2.75, 3.05) is 32.9 Å². The largest absolute Gasteiger partial charge is 0.314 e. The summed E-state index contributed by atoms with van der Waals surface area (Å²) in [7, 11) is 2.26. The molecule has 1 saturated heterocycles. The van der Waals surface area contributed by atoms with Crippen molar-refractivity contribution >= 4 is 11.8 Å². The summed E-state index contributed by atoms with van der Waals surface area (Å²) >= 11 is 2.06. The molecule has 0 radical (unpaired) electrons. The van der Waals surface area contributed by atoms with Crippen LogP contribution < -0.4 is 5.32 Å².